The lowest BCUT2D eigenvalue weighted by Gasteiger charge is -2.17. The van der Waals surface area contributed by atoms with Gasteiger partial charge in [0.15, 0.2) is 0 Å². The normalized spacial score (nSPS) is 14.7. The summed E-state index contributed by atoms with van der Waals surface area (Å²) < 4.78 is 2.26. The molecule has 25 heavy (non-hydrogen) atoms. The summed E-state index contributed by atoms with van der Waals surface area (Å²) in [6.45, 7) is 5.88. The summed E-state index contributed by atoms with van der Waals surface area (Å²) in [4.78, 5) is 15.0. The molecule has 2 aromatic carbocycles. The highest BCUT2D eigenvalue weighted by molar-refractivity contribution is 6.03. The highest BCUT2D eigenvalue weighted by atomic mass is 16.2. The lowest BCUT2D eigenvalue weighted by Crippen LogP contribution is -2.28. The van der Waals surface area contributed by atoms with Gasteiger partial charge in [-0.15, -0.1) is 0 Å². The van der Waals surface area contributed by atoms with Crippen LogP contribution >= 0.6 is 0 Å². The van der Waals surface area contributed by atoms with E-state index in [-0.39, 0.29) is 5.91 Å². The van der Waals surface area contributed by atoms with Crippen molar-refractivity contribution in [3.05, 3.63) is 70.4 Å². The van der Waals surface area contributed by atoms with E-state index in [2.05, 4.69) is 54.8 Å². The van der Waals surface area contributed by atoms with E-state index in [1.807, 2.05) is 18.0 Å². The molecule has 0 radical (unpaired) electrons. The lowest BCUT2D eigenvalue weighted by atomic mass is 10.0. The van der Waals surface area contributed by atoms with Gasteiger partial charge in [-0.25, -0.2) is 0 Å². The van der Waals surface area contributed by atoms with Crippen LogP contribution in [0.1, 0.15) is 39.2 Å². The van der Waals surface area contributed by atoms with Crippen molar-refractivity contribution < 1.29 is 4.79 Å². The van der Waals surface area contributed by atoms with Crippen LogP contribution in [0.3, 0.4) is 0 Å². The summed E-state index contributed by atoms with van der Waals surface area (Å²) in [7, 11) is 1.92. The minimum atomic E-state index is 0.150. The first kappa shape index (κ1) is 15.9. The minimum absolute atomic E-state index is 0.150. The molecular formula is C22H24N2O. The number of carbonyl (C=O) groups is 1. The molecule has 3 aromatic rings. The molecule has 1 amide bonds. The summed E-state index contributed by atoms with van der Waals surface area (Å²) in [6.07, 6.45) is 1.98. The Morgan fingerprint density at radius 1 is 1.04 bits per heavy atom. The van der Waals surface area contributed by atoms with Gasteiger partial charge in [-0.3, -0.25) is 4.79 Å². The second kappa shape index (κ2) is 6.07. The molecule has 0 atom stereocenters. The van der Waals surface area contributed by atoms with E-state index in [1.165, 1.54) is 33.2 Å². The fourth-order valence-electron chi connectivity index (χ4n) is 3.99. The van der Waals surface area contributed by atoms with E-state index in [9.17, 15) is 4.79 Å². The number of benzene rings is 2. The van der Waals surface area contributed by atoms with E-state index >= 15 is 0 Å². The zero-order valence-electron chi connectivity index (χ0n) is 15.2. The standard InChI is InChI=1S/C22H24N2O/c1-15-11-12-19-18-10-7-13-23(3)22(25)21(18)24(20(19)16(15)2)14-17-8-5-4-6-9-17/h4-6,8-9,11-12H,7,10,13-14H2,1-3H3. The van der Waals surface area contributed by atoms with Gasteiger partial charge in [0.05, 0.1) is 5.52 Å². The molecule has 1 aliphatic rings. The van der Waals surface area contributed by atoms with E-state index in [0.717, 1.165) is 31.6 Å². The predicted molar refractivity (Wildman–Crippen MR) is 102 cm³/mol. The highest BCUT2D eigenvalue weighted by Gasteiger charge is 2.28. The van der Waals surface area contributed by atoms with Crippen molar-refractivity contribution >= 4 is 16.8 Å². The number of hydrogen-bond donors (Lipinski definition) is 0. The van der Waals surface area contributed by atoms with Gasteiger partial charge in [-0.1, -0.05) is 42.5 Å². The van der Waals surface area contributed by atoms with Crippen LogP contribution in [0.4, 0.5) is 0 Å². The summed E-state index contributed by atoms with van der Waals surface area (Å²) in [5.74, 6) is 0.150. The number of hydrogen-bond acceptors (Lipinski definition) is 1. The molecule has 4 rings (SSSR count). The second-order valence-electron chi connectivity index (χ2n) is 7.13. The molecule has 0 fully saturated rings. The average Bonchev–Trinajstić information content (AvgIpc) is 2.83. The number of amides is 1. The van der Waals surface area contributed by atoms with Gasteiger partial charge >= 0.3 is 0 Å². The molecule has 0 aliphatic carbocycles. The van der Waals surface area contributed by atoms with Crippen LogP contribution in [0.5, 0.6) is 0 Å². The zero-order valence-corrected chi connectivity index (χ0v) is 15.2. The molecular weight excluding hydrogens is 308 g/mol. The Kier molecular flexibility index (Phi) is 3.87. The predicted octanol–water partition coefficient (Wildman–Crippen LogP) is 4.32. The van der Waals surface area contributed by atoms with Crippen molar-refractivity contribution in [3.8, 4) is 0 Å². The SMILES string of the molecule is Cc1ccc2c3c(n(Cc4ccccc4)c2c1C)C(=O)N(C)CCC3. The third-order valence-corrected chi connectivity index (χ3v) is 5.51. The maximum Gasteiger partial charge on any atom is 0.270 e. The van der Waals surface area contributed by atoms with Crippen LogP contribution < -0.4 is 0 Å². The van der Waals surface area contributed by atoms with Crippen LogP contribution in [0.2, 0.25) is 0 Å². The van der Waals surface area contributed by atoms with E-state index in [1.54, 1.807) is 0 Å². The summed E-state index contributed by atoms with van der Waals surface area (Å²) in [6, 6.07) is 14.8. The van der Waals surface area contributed by atoms with Crippen LogP contribution in [0.15, 0.2) is 42.5 Å². The number of aromatic nitrogens is 1. The Balaban J connectivity index is 2.03. The van der Waals surface area contributed by atoms with Crippen molar-refractivity contribution in [3.63, 3.8) is 0 Å². The molecule has 2 heterocycles. The molecule has 0 N–H and O–H groups in total. The fourth-order valence-corrected chi connectivity index (χ4v) is 3.99. The zero-order chi connectivity index (χ0) is 17.6. The van der Waals surface area contributed by atoms with Crippen LogP contribution in [0, 0.1) is 13.8 Å². The van der Waals surface area contributed by atoms with Gasteiger partial charge in [0.2, 0.25) is 0 Å². The molecule has 3 heteroatoms. The van der Waals surface area contributed by atoms with Gasteiger partial charge in [-0.05, 0) is 48.9 Å². The quantitative estimate of drug-likeness (QED) is 0.686. The van der Waals surface area contributed by atoms with Gasteiger partial charge in [-0.2, -0.15) is 0 Å². The van der Waals surface area contributed by atoms with Crippen molar-refractivity contribution in [2.45, 2.75) is 33.2 Å². The Morgan fingerprint density at radius 2 is 1.80 bits per heavy atom. The van der Waals surface area contributed by atoms with Crippen molar-refractivity contribution in [1.29, 1.82) is 0 Å². The summed E-state index contributed by atoms with van der Waals surface area (Å²) in [5.41, 5.74) is 7.10. The molecule has 1 aliphatic heterocycles. The largest absolute Gasteiger partial charge is 0.340 e. The summed E-state index contributed by atoms with van der Waals surface area (Å²) in [5, 5.41) is 1.25. The number of nitrogens with zero attached hydrogens (tertiary/aromatic N) is 2. The maximum absolute atomic E-state index is 13.1. The van der Waals surface area contributed by atoms with Crippen LogP contribution in [0.25, 0.3) is 10.9 Å². The molecule has 0 spiro atoms. The van der Waals surface area contributed by atoms with E-state index in [0.29, 0.717) is 0 Å². The van der Waals surface area contributed by atoms with Crippen molar-refractivity contribution in [2.75, 3.05) is 13.6 Å². The number of fused-ring (bicyclic) bond motifs is 3. The minimum Gasteiger partial charge on any atom is -0.340 e. The Bertz CT molecular complexity index is 953. The van der Waals surface area contributed by atoms with Crippen molar-refractivity contribution in [2.24, 2.45) is 0 Å². The first-order valence-corrected chi connectivity index (χ1v) is 8.98. The van der Waals surface area contributed by atoms with E-state index in [4.69, 9.17) is 0 Å². The van der Waals surface area contributed by atoms with Crippen molar-refractivity contribution in [1.82, 2.24) is 9.47 Å². The number of carbonyl (C=O) groups excluding carboxylic acids is 1. The van der Waals surface area contributed by atoms with Crippen LogP contribution in [-0.4, -0.2) is 29.0 Å². The third kappa shape index (κ3) is 2.55. The van der Waals surface area contributed by atoms with Gasteiger partial charge in [0.1, 0.15) is 5.69 Å². The smallest absolute Gasteiger partial charge is 0.270 e. The Labute approximate surface area is 148 Å². The number of aryl methyl sites for hydroxylation is 3. The molecule has 128 valence electrons. The highest BCUT2D eigenvalue weighted by Crippen LogP contribution is 2.34. The Hall–Kier alpha value is -2.55. The summed E-state index contributed by atoms with van der Waals surface area (Å²) >= 11 is 0. The fraction of sp³-hybridized carbons (Fsp3) is 0.318. The monoisotopic (exact) mass is 332 g/mol. The molecule has 1 aromatic heterocycles. The first-order valence-electron chi connectivity index (χ1n) is 8.98. The van der Waals surface area contributed by atoms with E-state index < -0.39 is 0 Å². The van der Waals surface area contributed by atoms with Crippen LogP contribution in [-0.2, 0) is 13.0 Å². The second-order valence-corrected chi connectivity index (χ2v) is 7.13. The number of rotatable bonds is 2. The molecule has 0 unspecified atom stereocenters. The molecule has 0 saturated carbocycles. The van der Waals surface area contributed by atoms with Gasteiger partial charge in [0, 0.05) is 25.5 Å². The first-order chi connectivity index (χ1) is 12.1. The molecule has 3 nitrogen and oxygen atoms in total. The topological polar surface area (TPSA) is 25.2 Å². The Morgan fingerprint density at radius 3 is 2.56 bits per heavy atom. The maximum atomic E-state index is 13.1. The lowest BCUT2D eigenvalue weighted by molar-refractivity contribution is 0.0790. The molecule has 0 bridgehead atoms. The van der Waals surface area contributed by atoms with Gasteiger partial charge in [0.25, 0.3) is 5.91 Å². The average molecular weight is 332 g/mol. The molecule has 0 saturated heterocycles. The third-order valence-electron chi connectivity index (χ3n) is 5.51. The van der Waals surface area contributed by atoms with Gasteiger partial charge < -0.3 is 9.47 Å².